The molecule has 0 aliphatic carbocycles. The van der Waals surface area contributed by atoms with Gasteiger partial charge in [0.25, 0.3) is 10.0 Å². The van der Waals surface area contributed by atoms with Gasteiger partial charge in [-0.1, -0.05) is 12.1 Å². The van der Waals surface area contributed by atoms with E-state index in [1.165, 1.54) is 6.07 Å². The lowest BCUT2D eigenvalue weighted by atomic mass is 10.3. The van der Waals surface area contributed by atoms with E-state index in [-0.39, 0.29) is 10.6 Å². The largest absolute Gasteiger partial charge is 0.486 e. The molecule has 0 fully saturated rings. The molecule has 0 saturated carbocycles. The highest BCUT2D eigenvalue weighted by atomic mass is 32.2. The lowest BCUT2D eigenvalue weighted by molar-refractivity contribution is 0.171. The lowest BCUT2D eigenvalue weighted by Gasteiger charge is -2.19. The standard InChI is InChI=1S/C14H14N2O4S/c15-11-3-1-2-4-14(11)21(17,18)16-10-5-6-12-13(9-10)20-8-7-19-12/h1-6,9,16H,7-8,15H2. The number of sulfonamides is 1. The fourth-order valence-corrected chi connectivity index (χ4v) is 3.23. The van der Waals surface area contributed by atoms with E-state index in [0.29, 0.717) is 30.4 Å². The number of hydrogen-bond donors (Lipinski definition) is 2. The number of rotatable bonds is 3. The molecule has 3 rings (SSSR count). The van der Waals surface area contributed by atoms with Gasteiger partial charge in [0, 0.05) is 6.07 Å². The van der Waals surface area contributed by atoms with Gasteiger partial charge in [-0.3, -0.25) is 4.72 Å². The molecule has 0 unspecified atom stereocenters. The van der Waals surface area contributed by atoms with E-state index in [4.69, 9.17) is 15.2 Å². The highest BCUT2D eigenvalue weighted by Crippen LogP contribution is 2.33. The van der Waals surface area contributed by atoms with Crippen molar-refractivity contribution in [1.82, 2.24) is 0 Å². The van der Waals surface area contributed by atoms with Crippen LogP contribution in [0.2, 0.25) is 0 Å². The van der Waals surface area contributed by atoms with Gasteiger partial charge in [-0.15, -0.1) is 0 Å². The normalized spacial score (nSPS) is 13.7. The number of nitrogens with two attached hydrogens (primary N) is 1. The first-order chi connectivity index (χ1) is 10.1. The average Bonchev–Trinajstić information content (AvgIpc) is 2.47. The molecule has 0 atom stereocenters. The first-order valence-corrected chi connectivity index (χ1v) is 7.81. The lowest BCUT2D eigenvalue weighted by Crippen LogP contribution is -2.17. The fourth-order valence-electron chi connectivity index (χ4n) is 2.04. The second kappa shape index (κ2) is 5.17. The summed E-state index contributed by atoms with van der Waals surface area (Å²) in [5.41, 5.74) is 6.30. The Kier molecular flexibility index (Phi) is 3.34. The molecular weight excluding hydrogens is 292 g/mol. The molecule has 0 bridgehead atoms. The summed E-state index contributed by atoms with van der Waals surface area (Å²) in [5.74, 6) is 1.12. The van der Waals surface area contributed by atoms with E-state index < -0.39 is 10.0 Å². The Morgan fingerprint density at radius 1 is 1.00 bits per heavy atom. The molecule has 2 aromatic carbocycles. The zero-order valence-electron chi connectivity index (χ0n) is 11.1. The van der Waals surface area contributed by atoms with E-state index in [2.05, 4.69) is 4.72 Å². The number of para-hydroxylation sites is 1. The first-order valence-electron chi connectivity index (χ1n) is 6.33. The summed E-state index contributed by atoms with van der Waals surface area (Å²) in [5, 5.41) is 0. The Labute approximate surface area is 122 Å². The van der Waals surface area contributed by atoms with Crippen molar-refractivity contribution in [3.8, 4) is 11.5 Å². The molecule has 7 heteroatoms. The fraction of sp³-hybridized carbons (Fsp3) is 0.143. The van der Waals surface area contributed by atoms with Crippen LogP contribution in [0.25, 0.3) is 0 Å². The molecule has 0 spiro atoms. The molecule has 1 aliphatic rings. The Balaban J connectivity index is 1.91. The number of hydrogen-bond acceptors (Lipinski definition) is 5. The molecule has 1 heterocycles. The Morgan fingerprint density at radius 3 is 2.48 bits per heavy atom. The third kappa shape index (κ3) is 2.73. The van der Waals surface area contributed by atoms with Crippen LogP contribution in [0.15, 0.2) is 47.4 Å². The van der Waals surface area contributed by atoms with Crippen molar-refractivity contribution in [1.29, 1.82) is 0 Å². The second-order valence-electron chi connectivity index (χ2n) is 4.50. The number of fused-ring (bicyclic) bond motifs is 1. The SMILES string of the molecule is Nc1ccccc1S(=O)(=O)Nc1ccc2c(c1)OCCO2. The summed E-state index contributed by atoms with van der Waals surface area (Å²) in [6.07, 6.45) is 0. The van der Waals surface area contributed by atoms with Crippen LogP contribution in [0.4, 0.5) is 11.4 Å². The predicted octanol–water partition coefficient (Wildman–Crippen LogP) is 1.84. The van der Waals surface area contributed by atoms with Gasteiger partial charge < -0.3 is 15.2 Å². The Bertz CT molecular complexity index is 774. The van der Waals surface area contributed by atoms with Gasteiger partial charge in [-0.05, 0) is 24.3 Å². The minimum absolute atomic E-state index is 0.0416. The minimum atomic E-state index is -3.74. The van der Waals surface area contributed by atoms with Crippen LogP contribution < -0.4 is 19.9 Å². The molecule has 3 N–H and O–H groups in total. The average molecular weight is 306 g/mol. The number of anilines is 2. The molecule has 1 aliphatic heterocycles. The van der Waals surface area contributed by atoms with Crippen molar-refractivity contribution in [2.75, 3.05) is 23.7 Å². The first kappa shape index (κ1) is 13.6. The van der Waals surface area contributed by atoms with Crippen molar-refractivity contribution in [3.05, 3.63) is 42.5 Å². The highest BCUT2D eigenvalue weighted by Gasteiger charge is 2.19. The van der Waals surface area contributed by atoms with Crippen LogP contribution in [0, 0.1) is 0 Å². The molecular formula is C14H14N2O4S. The summed E-state index contributed by atoms with van der Waals surface area (Å²) in [6.45, 7) is 0.924. The highest BCUT2D eigenvalue weighted by molar-refractivity contribution is 7.92. The van der Waals surface area contributed by atoms with Gasteiger partial charge in [-0.25, -0.2) is 8.42 Å². The van der Waals surface area contributed by atoms with Crippen molar-refractivity contribution >= 4 is 21.4 Å². The van der Waals surface area contributed by atoms with Crippen molar-refractivity contribution < 1.29 is 17.9 Å². The maximum atomic E-state index is 12.3. The zero-order chi connectivity index (χ0) is 14.9. The molecule has 6 nitrogen and oxygen atoms in total. The zero-order valence-corrected chi connectivity index (χ0v) is 11.9. The van der Waals surface area contributed by atoms with Crippen LogP contribution in [-0.4, -0.2) is 21.6 Å². The van der Waals surface area contributed by atoms with Crippen LogP contribution in [-0.2, 0) is 10.0 Å². The summed E-state index contributed by atoms with van der Waals surface area (Å²) < 4.78 is 38.0. The third-order valence-electron chi connectivity index (χ3n) is 3.00. The number of ether oxygens (including phenoxy) is 2. The van der Waals surface area contributed by atoms with E-state index in [1.54, 1.807) is 36.4 Å². The van der Waals surface area contributed by atoms with Gasteiger partial charge in [0.15, 0.2) is 11.5 Å². The molecule has 0 radical (unpaired) electrons. The predicted molar refractivity (Wildman–Crippen MR) is 79.1 cm³/mol. The van der Waals surface area contributed by atoms with E-state index in [9.17, 15) is 8.42 Å². The van der Waals surface area contributed by atoms with Crippen molar-refractivity contribution in [3.63, 3.8) is 0 Å². The summed E-state index contributed by atoms with van der Waals surface area (Å²) in [4.78, 5) is 0.0416. The maximum absolute atomic E-state index is 12.3. The van der Waals surface area contributed by atoms with Gasteiger partial charge >= 0.3 is 0 Å². The molecule has 21 heavy (non-hydrogen) atoms. The van der Waals surface area contributed by atoms with Crippen molar-refractivity contribution in [2.45, 2.75) is 4.90 Å². The quantitative estimate of drug-likeness (QED) is 0.844. The van der Waals surface area contributed by atoms with Gasteiger partial charge in [0.05, 0.1) is 11.4 Å². The summed E-state index contributed by atoms with van der Waals surface area (Å²) >= 11 is 0. The topological polar surface area (TPSA) is 90.7 Å². The van der Waals surface area contributed by atoms with Gasteiger partial charge in [0.1, 0.15) is 18.1 Å². The Hall–Kier alpha value is -2.41. The van der Waals surface area contributed by atoms with Crippen LogP contribution in [0.1, 0.15) is 0 Å². The Morgan fingerprint density at radius 2 is 1.71 bits per heavy atom. The maximum Gasteiger partial charge on any atom is 0.263 e. The number of nitrogens with one attached hydrogen (secondary N) is 1. The monoisotopic (exact) mass is 306 g/mol. The van der Waals surface area contributed by atoms with Gasteiger partial charge in [-0.2, -0.15) is 0 Å². The molecule has 0 saturated heterocycles. The van der Waals surface area contributed by atoms with Crippen LogP contribution in [0.3, 0.4) is 0 Å². The molecule has 110 valence electrons. The van der Waals surface area contributed by atoms with Gasteiger partial charge in [0.2, 0.25) is 0 Å². The minimum Gasteiger partial charge on any atom is -0.486 e. The van der Waals surface area contributed by atoms with E-state index in [0.717, 1.165) is 0 Å². The van der Waals surface area contributed by atoms with Crippen LogP contribution >= 0.6 is 0 Å². The second-order valence-corrected chi connectivity index (χ2v) is 6.15. The van der Waals surface area contributed by atoms with E-state index >= 15 is 0 Å². The third-order valence-corrected chi connectivity index (χ3v) is 4.46. The van der Waals surface area contributed by atoms with Crippen LogP contribution in [0.5, 0.6) is 11.5 Å². The molecule has 2 aromatic rings. The molecule has 0 amide bonds. The number of nitrogen functional groups attached to an aromatic ring is 1. The smallest absolute Gasteiger partial charge is 0.263 e. The summed E-state index contributed by atoms with van der Waals surface area (Å²) in [7, 11) is -3.74. The number of benzene rings is 2. The molecule has 0 aromatic heterocycles. The van der Waals surface area contributed by atoms with E-state index in [1.807, 2.05) is 0 Å². The summed E-state index contributed by atoms with van der Waals surface area (Å²) in [6, 6.07) is 11.2. The van der Waals surface area contributed by atoms with Crippen molar-refractivity contribution in [2.24, 2.45) is 0 Å².